The van der Waals surface area contributed by atoms with Crippen molar-refractivity contribution in [2.24, 2.45) is 0 Å². The molecule has 1 atom stereocenters. The van der Waals surface area contributed by atoms with Crippen molar-refractivity contribution in [3.8, 4) is 0 Å². The van der Waals surface area contributed by atoms with E-state index in [1.165, 1.54) is 11.1 Å². The Hall–Kier alpha value is -3.37. The fourth-order valence-corrected chi connectivity index (χ4v) is 7.33. The van der Waals surface area contributed by atoms with E-state index in [1.54, 1.807) is 25.9 Å². The smallest absolute Gasteiger partial charge is 0.342 e. The standard InChI is InChI=1S/C28H36N4O5Si/c1-6-28(36)21-13-22-24(25(33)20(21)15-37-26(28)34)32-14-19-17(8-7-9-18(19)12-23(32)30-22)10-11-38(4,5)16-29-27(35)31(2)3/h7-9,12,33,36H,6,10-11,13-16H2,1-5H3,(H,29,35). The molecule has 1 aromatic heterocycles. The number of nitrogens with one attached hydrogen (secondary N) is 1. The zero-order valence-corrected chi connectivity index (χ0v) is 23.7. The van der Waals surface area contributed by atoms with Gasteiger partial charge in [-0.05, 0) is 41.2 Å². The minimum absolute atomic E-state index is 0.0267. The molecule has 0 saturated carbocycles. The summed E-state index contributed by atoms with van der Waals surface area (Å²) < 4.78 is 7.29. The first kappa shape index (κ1) is 26.2. The van der Waals surface area contributed by atoms with Crippen LogP contribution in [0.1, 0.15) is 35.7 Å². The number of hydrogen-bond donors (Lipinski definition) is 3. The van der Waals surface area contributed by atoms with Crippen LogP contribution < -0.4 is 16.1 Å². The third-order valence-corrected chi connectivity index (χ3v) is 10.8. The number of cyclic esters (lactones) is 1. The Bertz CT molecular complexity index is 1490. The summed E-state index contributed by atoms with van der Waals surface area (Å²) in [5, 5.41) is 26.1. The maximum absolute atomic E-state index is 12.4. The molecule has 202 valence electrons. The number of benzene rings is 1. The second-order valence-corrected chi connectivity index (χ2v) is 16.7. The van der Waals surface area contributed by atoms with Gasteiger partial charge >= 0.3 is 12.0 Å². The molecule has 3 N–H and O–H groups in total. The highest BCUT2D eigenvalue weighted by Crippen LogP contribution is 2.36. The topological polar surface area (TPSA) is 117 Å². The number of imidazole rings is 1. The summed E-state index contributed by atoms with van der Waals surface area (Å²) in [6.07, 6.45) is 4.13. The second kappa shape index (κ2) is 9.43. The number of esters is 1. The summed E-state index contributed by atoms with van der Waals surface area (Å²) >= 11 is 0. The van der Waals surface area contributed by atoms with Gasteiger partial charge < -0.3 is 29.7 Å². The quantitative estimate of drug-likeness (QED) is 0.324. The van der Waals surface area contributed by atoms with Gasteiger partial charge in [0.25, 0.3) is 0 Å². The number of urea groups is 1. The Balaban J connectivity index is 1.45. The molecule has 0 spiro atoms. The highest BCUT2D eigenvalue weighted by atomic mass is 28.3. The van der Waals surface area contributed by atoms with Gasteiger partial charge in [0.15, 0.2) is 5.60 Å². The van der Waals surface area contributed by atoms with Gasteiger partial charge in [-0.3, -0.25) is 0 Å². The minimum Gasteiger partial charge on any atom is -0.505 e. The molecule has 0 radical (unpaired) electrons. The number of nitrogens with zero attached hydrogens (tertiary/aromatic N) is 3. The molecule has 2 aromatic rings. The second-order valence-electron chi connectivity index (χ2n) is 11.5. The highest BCUT2D eigenvalue weighted by molar-refractivity contribution is 6.77. The summed E-state index contributed by atoms with van der Waals surface area (Å²) in [7, 11) is 1.82. The first-order valence-corrected chi connectivity index (χ1v) is 16.6. The average Bonchev–Trinajstić information content (AvgIpc) is 3.24. The van der Waals surface area contributed by atoms with E-state index in [0.717, 1.165) is 29.7 Å². The van der Waals surface area contributed by atoms with Gasteiger partial charge in [-0.2, -0.15) is 0 Å². The van der Waals surface area contributed by atoms with Crippen LogP contribution in [0.15, 0.2) is 29.3 Å². The first-order chi connectivity index (χ1) is 17.9. The lowest BCUT2D eigenvalue weighted by Gasteiger charge is -2.35. The maximum atomic E-state index is 12.4. The number of carbonyl (C=O) groups excluding carboxylic acids is 2. The number of hydrogen-bond acceptors (Lipinski definition) is 6. The van der Waals surface area contributed by atoms with Crippen LogP contribution in [-0.2, 0) is 28.9 Å². The fourth-order valence-electron chi connectivity index (χ4n) is 5.58. The number of amides is 2. The molecule has 2 aliphatic heterocycles. The lowest BCUT2D eigenvalue weighted by Crippen LogP contribution is -2.49. The third-order valence-electron chi connectivity index (χ3n) is 8.09. The Kier molecular flexibility index (Phi) is 6.51. The van der Waals surface area contributed by atoms with Crippen LogP contribution in [0.4, 0.5) is 4.79 Å². The molecule has 10 heteroatoms. The van der Waals surface area contributed by atoms with Crippen molar-refractivity contribution in [1.82, 2.24) is 19.8 Å². The average molecular weight is 537 g/mol. The Morgan fingerprint density at radius 3 is 2.79 bits per heavy atom. The van der Waals surface area contributed by atoms with Crippen molar-refractivity contribution in [3.05, 3.63) is 62.6 Å². The number of ether oxygens (including phenoxy) is 1. The van der Waals surface area contributed by atoms with E-state index in [1.807, 2.05) is 10.6 Å². The monoisotopic (exact) mass is 536 g/mol. The summed E-state index contributed by atoms with van der Waals surface area (Å²) in [5.41, 5.74) is 4.21. The predicted molar refractivity (Wildman–Crippen MR) is 147 cm³/mol. The summed E-state index contributed by atoms with van der Waals surface area (Å²) in [5.74, 6) is -0.644. The van der Waals surface area contributed by atoms with Crippen LogP contribution in [0.3, 0.4) is 0 Å². The van der Waals surface area contributed by atoms with Gasteiger partial charge in [0.1, 0.15) is 23.2 Å². The van der Waals surface area contributed by atoms with Crippen LogP contribution in [0.25, 0.3) is 11.8 Å². The number of fused-ring (bicyclic) bond motifs is 4. The van der Waals surface area contributed by atoms with Gasteiger partial charge in [0.05, 0.1) is 20.3 Å². The number of rotatable bonds is 6. The van der Waals surface area contributed by atoms with Crippen molar-refractivity contribution in [3.63, 3.8) is 0 Å². The molecule has 1 aliphatic carbocycles. The van der Waals surface area contributed by atoms with Crippen LogP contribution in [-0.4, -0.2) is 77.2 Å². The van der Waals surface area contributed by atoms with Gasteiger partial charge in [-0.15, -0.1) is 0 Å². The Morgan fingerprint density at radius 1 is 1.32 bits per heavy atom. The fraction of sp³-hybridized carbons (Fsp3) is 0.464. The first-order valence-electron chi connectivity index (χ1n) is 13.1. The number of aromatic nitrogens is 2. The van der Waals surface area contributed by atoms with Gasteiger partial charge in [0.2, 0.25) is 0 Å². The van der Waals surface area contributed by atoms with Crippen LogP contribution in [0.5, 0.6) is 0 Å². The van der Waals surface area contributed by atoms with Crippen LogP contribution >= 0.6 is 0 Å². The van der Waals surface area contributed by atoms with E-state index < -0.39 is 19.6 Å². The number of carbonyl (C=O) groups is 2. The summed E-state index contributed by atoms with van der Waals surface area (Å²) in [4.78, 5) is 30.8. The van der Waals surface area contributed by atoms with Crippen molar-refractivity contribution in [2.75, 3.05) is 26.9 Å². The van der Waals surface area contributed by atoms with Crippen LogP contribution in [0, 0.1) is 0 Å². The molecule has 9 nitrogen and oxygen atoms in total. The lowest BCUT2D eigenvalue weighted by molar-refractivity contribution is -0.163. The number of aliphatic hydroxyl groups excluding tert-OH is 1. The zero-order chi connectivity index (χ0) is 27.4. The van der Waals surface area contributed by atoms with E-state index in [0.29, 0.717) is 35.2 Å². The lowest BCUT2D eigenvalue weighted by atomic mass is 9.80. The van der Waals surface area contributed by atoms with Gasteiger partial charge in [-0.25, -0.2) is 14.6 Å². The summed E-state index contributed by atoms with van der Waals surface area (Å²) in [6, 6.07) is 7.29. The van der Waals surface area contributed by atoms with Crippen molar-refractivity contribution < 1.29 is 24.5 Å². The molecular weight excluding hydrogens is 500 g/mol. The molecule has 0 fully saturated rings. The molecule has 38 heavy (non-hydrogen) atoms. The normalized spacial score (nSPS) is 20.1. The van der Waals surface area contributed by atoms with E-state index in [4.69, 9.17) is 9.72 Å². The van der Waals surface area contributed by atoms with Crippen molar-refractivity contribution in [2.45, 2.75) is 57.5 Å². The molecule has 2 amide bonds. The molecule has 1 unspecified atom stereocenters. The predicted octanol–water partition coefficient (Wildman–Crippen LogP) is 1.35. The number of aryl methyl sites for hydroxylation is 1. The summed E-state index contributed by atoms with van der Waals surface area (Å²) in [6.45, 7) is 6.83. The highest BCUT2D eigenvalue weighted by Gasteiger charge is 2.47. The van der Waals surface area contributed by atoms with E-state index in [9.17, 15) is 19.8 Å². The van der Waals surface area contributed by atoms with E-state index in [-0.39, 0.29) is 24.8 Å². The SMILES string of the molecule is CCC1(O)C(=O)OCC2=C1Cc1nc3n(c1=C2O)Cc1c(cccc1CC[Si](C)(C)CNC(=O)N(C)C)C=3. The van der Waals surface area contributed by atoms with Crippen molar-refractivity contribution in [1.29, 1.82) is 0 Å². The van der Waals surface area contributed by atoms with E-state index in [2.05, 4.69) is 36.6 Å². The largest absolute Gasteiger partial charge is 0.505 e. The maximum Gasteiger partial charge on any atom is 0.342 e. The van der Waals surface area contributed by atoms with Gasteiger partial charge in [0, 0.05) is 32.3 Å². The minimum atomic E-state index is -1.74. The Labute approximate surface area is 223 Å². The Morgan fingerprint density at radius 2 is 2.08 bits per heavy atom. The van der Waals surface area contributed by atoms with Crippen molar-refractivity contribution >= 4 is 31.9 Å². The molecule has 1 aromatic carbocycles. The van der Waals surface area contributed by atoms with Crippen LogP contribution in [0.2, 0.25) is 19.1 Å². The molecular formula is C28H36N4O5Si. The molecule has 3 heterocycles. The molecule has 0 bridgehead atoms. The molecule has 3 aliphatic rings. The van der Waals surface area contributed by atoms with E-state index >= 15 is 0 Å². The van der Waals surface area contributed by atoms with Gasteiger partial charge in [-0.1, -0.05) is 44.3 Å². The molecule has 0 saturated heterocycles. The molecule has 5 rings (SSSR count). The third kappa shape index (κ3) is 4.35. The number of aliphatic hydroxyl groups is 2. The zero-order valence-electron chi connectivity index (χ0n) is 22.7.